The summed E-state index contributed by atoms with van der Waals surface area (Å²) in [7, 11) is -2.38. The minimum absolute atomic E-state index is 0.121. The molecule has 0 saturated carbocycles. The molecular formula is C10H12FN5O2S. The van der Waals surface area contributed by atoms with Gasteiger partial charge in [0.15, 0.2) is 10.7 Å². The third kappa shape index (κ3) is 2.50. The zero-order valence-electron chi connectivity index (χ0n) is 10.3. The molecule has 0 saturated heterocycles. The van der Waals surface area contributed by atoms with Crippen LogP contribution in [0.4, 0.5) is 16.0 Å². The van der Waals surface area contributed by atoms with Crippen LogP contribution in [0.5, 0.6) is 0 Å². The number of rotatable bonds is 3. The summed E-state index contributed by atoms with van der Waals surface area (Å²) in [6.07, 6.45) is 0. The molecule has 102 valence electrons. The summed E-state index contributed by atoms with van der Waals surface area (Å²) in [5.41, 5.74) is 5.94. The van der Waals surface area contributed by atoms with Gasteiger partial charge in [-0.05, 0) is 19.1 Å². The van der Waals surface area contributed by atoms with Gasteiger partial charge in [-0.1, -0.05) is 6.07 Å². The zero-order chi connectivity index (χ0) is 14.2. The van der Waals surface area contributed by atoms with Gasteiger partial charge in [-0.3, -0.25) is 9.40 Å². The summed E-state index contributed by atoms with van der Waals surface area (Å²) in [5, 5.41) is 3.82. The molecule has 0 aliphatic heterocycles. The van der Waals surface area contributed by atoms with Crippen LogP contribution in [-0.2, 0) is 17.1 Å². The van der Waals surface area contributed by atoms with Gasteiger partial charge in [0.05, 0.1) is 5.69 Å². The first kappa shape index (κ1) is 13.3. The number of nitrogen functional groups attached to an aromatic ring is 1. The molecule has 0 radical (unpaired) electrons. The van der Waals surface area contributed by atoms with Gasteiger partial charge in [-0.25, -0.2) is 13.4 Å². The number of hydrogen-bond donors (Lipinski definition) is 2. The van der Waals surface area contributed by atoms with Gasteiger partial charge in [0.25, 0.3) is 10.0 Å². The molecule has 0 unspecified atom stereocenters. The van der Waals surface area contributed by atoms with E-state index in [-0.39, 0.29) is 16.5 Å². The Hall–Kier alpha value is -2.16. The highest BCUT2D eigenvalue weighted by Crippen LogP contribution is 2.23. The average Bonchev–Trinajstić information content (AvgIpc) is 2.52. The van der Waals surface area contributed by atoms with Gasteiger partial charge >= 0.3 is 0 Å². The van der Waals surface area contributed by atoms with Crippen molar-refractivity contribution in [2.75, 3.05) is 10.5 Å². The molecule has 19 heavy (non-hydrogen) atoms. The predicted molar refractivity (Wildman–Crippen MR) is 67.4 cm³/mol. The Bertz CT molecular complexity index is 726. The Morgan fingerprint density at radius 3 is 2.63 bits per heavy atom. The molecule has 0 amide bonds. The van der Waals surface area contributed by atoms with Crippen molar-refractivity contribution in [3.63, 3.8) is 0 Å². The number of hydrogen-bond acceptors (Lipinski definition) is 5. The van der Waals surface area contributed by atoms with Gasteiger partial charge in [0, 0.05) is 7.05 Å². The molecule has 2 aromatic heterocycles. The zero-order valence-corrected chi connectivity index (χ0v) is 11.1. The topological polar surface area (TPSA) is 103 Å². The second kappa shape index (κ2) is 4.50. The minimum Gasteiger partial charge on any atom is -0.381 e. The van der Waals surface area contributed by atoms with E-state index < -0.39 is 16.0 Å². The van der Waals surface area contributed by atoms with Crippen molar-refractivity contribution in [3.05, 3.63) is 29.8 Å². The van der Waals surface area contributed by atoms with Crippen LogP contribution in [0.15, 0.2) is 23.1 Å². The highest BCUT2D eigenvalue weighted by atomic mass is 32.2. The molecule has 2 heterocycles. The van der Waals surface area contributed by atoms with Crippen LogP contribution in [0.1, 0.15) is 5.69 Å². The number of nitrogens with zero attached hydrogens (tertiary/aromatic N) is 3. The van der Waals surface area contributed by atoms with Gasteiger partial charge in [0.2, 0.25) is 5.95 Å². The van der Waals surface area contributed by atoms with Crippen LogP contribution in [0.2, 0.25) is 0 Å². The summed E-state index contributed by atoms with van der Waals surface area (Å²) in [6.45, 7) is 1.57. The largest absolute Gasteiger partial charge is 0.381 e. The first-order chi connectivity index (χ1) is 8.81. The normalized spacial score (nSPS) is 11.5. The van der Waals surface area contributed by atoms with E-state index in [4.69, 9.17) is 5.73 Å². The fourth-order valence-electron chi connectivity index (χ4n) is 1.60. The Morgan fingerprint density at radius 2 is 2.11 bits per heavy atom. The van der Waals surface area contributed by atoms with Crippen molar-refractivity contribution in [1.29, 1.82) is 0 Å². The highest BCUT2D eigenvalue weighted by molar-refractivity contribution is 7.93. The molecule has 2 rings (SSSR count). The van der Waals surface area contributed by atoms with Crippen LogP contribution in [0.25, 0.3) is 0 Å². The molecule has 0 aliphatic carbocycles. The molecule has 0 fully saturated rings. The number of pyridine rings is 1. The quantitative estimate of drug-likeness (QED) is 0.806. The maximum absolute atomic E-state index is 12.9. The minimum atomic E-state index is -3.96. The molecule has 0 atom stereocenters. The van der Waals surface area contributed by atoms with Gasteiger partial charge < -0.3 is 5.73 Å². The van der Waals surface area contributed by atoms with Crippen molar-refractivity contribution >= 4 is 21.7 Å². The summed E-state index contributed by atoms with van der Waals surface area (Å²) in [5.74, 6) is -1.03. The van der Waals surface area contributed by atoms with E-state index in [1.807, 2.05) is 0 Å². The van der Waals surface area contributed by atoms with Crippen LogP contribution in [-0.4, -0.2) is 23.2 Å². The Morgan fingerprint density at radius 1 is 1.42 bits per heavy atom. The number of aryl methyl sites for hydroxylation is 1. The van der Waals surface area contributed by atoms with E-state index in [9.17, 15) is 12.8 Å². The second-order valence-corrected chi connectivity index (χ2v) is 5.49. The van der Waals surface area contributed by atoms with E-state index in [1.165, 1.54) is 16.8 Å². The highest BCUT2D eigenvalue weighted by Gasteiger charge is 2.25. The number of aromatic nitrogens is 3. The maximum Gasteiger partial charge on any atom is 0.268 e. The van der Waals surface area contributed by atoms with Gasteiger partial charge in [0.1, 0.15) is 5.82 Å². The number of anilines is 2. The molecule has 0 aromatic carbocycles. The first-order valence-corrected chi connectivity index (χ1v) is 6.74. The van der Waals surface area contributed by atoms with Crippen molar-refractivity contribution in [2.24, 2.45) is 7.05 Å². The summed E-state index contributed by atoms with van der Waals surface area (Å²) in [4.78, 5) is 3.29. The number of nitrogens with one attached hydrogen (secondary N) is 1. The first-order valence-electron chi connectivity index (χ1n) is 5.25. The molecule has 2 aromatic rings. The Balaban J connectivity index is 2.44. The number of nitrogens with two attached hydrogens (primary N) is 1. The van der Waals surface area contributed by atoms with Gasteiger partial charge in [-0.15, -0.1) is 0 Å². The monoisotopic (exact) mass is 285 g/mol. The number of sulfonamides is 1. The lowest BCUT2D eigenvalue weighted by molar-refractivity contribution is 0.584. The maximum atomic E-state index is 12.9. The third-order valence-corrected chi connectivity index (χ3v) is 4.05. The molecule has 7 nitrogen and oxygen atoms in total. The van der Waals surface area contributed by atoms with E-state index in [2.05, 4.69) is 14.8 Å². The smallest absolute Gasteiger partial charge is 0.268 e. The van der Waals surface area contributed by atoms with Gasteiger partial charge in [-0.2, -0.15) is 9.49 Å². The van der Waals surface area contributed by atoms with Crippen molar-refractivity contribution in [1.82, 2.24) is 14.8 Å². The molecule has 0 bridgehead atoms. The van der Waals surface area contributed by atoms with E-state index in [1.54, 1.807) is 14.0 Å². The van der Waals surface area contributed by atoms with Crippen molar-refractivity contribution < 1.29 is 12.8 Å². The summed E-state index contributed by atoms with van der Waals surface area (Å²) in [6, 6.07) is 3.80. The Labute approximate surface area is 109 Å². The van der Waals surface area contributed by atoms with Crippen LogP contribution in [0.3, 0.4) is 0 Å². The SMILES string of the molecule is Cc1c(S(=O)(=O)Nc2cccc(F)n2)c(N)nn1C. The standard InChI is InChI=1S/C10H12FN5O2S/c1-6-9(10(12)14-16(6)2)19(17,18)15-8-5-3-4-7(11)13-8/h3-5H,1-2H3,(H2,12,14)(H,13,15). The fraction of sp³-hybridized carbons (Fsp3) is 0.200. The lowest BCUT2D eigenvalue weighted by Crippen LogP contribution is -2.16. The lowest BCUT2D eigenvalue weighted by Gasteiger charge is -2.07. The fourth-order valence-corrected chi connectivity index (χ4v) is 2.93. The number of halogens is 1. The van der Waals surface area contributed by atoms with Crippen LogP contribution >= 0.6 is 0 Å². The van der Waals surface area contributed by atoms with Crippen molar-refractivity contribution in [3.8, 4) is 0 Å². The van der Waals surface area contributed by atoms with E-state index >= 15 is 0 Å². The molecule has 0 aliphatic rings. The van der Waals surface area contributed by atoms with Crippen LogP contribution in [0, 0.1) is 12.9 Å². The summed E-state index contributed by atoms with van der Waals surface area (Å²) < 4.78 is 40.8. The van der Waals surface area contributed by atoms with E-state index in [0.717, 1.165) is 6.07 Å². The average molecular weight is 285 g/mol. The molecule has 9 heteroatoms. The molecular weight excluding hydrogens is 273 g/mol. The predicted octanol–water partition coefficient (Wildman–Crippen LogP) is 0.646. The molecule has 3 N–H and O–H groups in total. The van der Waals surface area contributed by atoms with E-state index in [0.29, 0.717) is 5.69 Å². The third-order valence-electron chi connectivity index (χ3n) is 2.53. The molecule has 0 spiro atoms. The lowest BCUT2D eigenvalue weighted by atomic mass is 10.5. The van der Waals surface area contributed by atoms with Crippen LogP contribution < -0.4 is 10.5 Å². The summed E-state index contributed by atoms with van der Waals surface area (Å²) >= 11 is 0. The van der Waals surface area contributed by atoms with Crippen molar-refractivity contribution in [2.45, 2.75) is 11.8 Å². The second-order valence-electron chi connectivity index (χ2n) is 3.87. The Kier molecular flexibility index (Phi) is 3.14.